The average molecular weight is 258 g/mol. The van der Waals surface area contributed by atoms with Crippen LogP contribution in [-0.2, 0) is 0 Å². The SMILES string of the molecule is CNc1nc(NCC(O)C2CC2)c2ccccc2n1. The number of aliphatic hydroxyl groups excluding tert-OH is 1. The molecule has 19 heavy (non-hydrogen) atoms. The van der Waals surface area contributed by atoms with Crippen LogP contribution in [0.15, 0.2) is 24.3 Å². The van der Waals surface area contributed by atoms with Crippen molar-refractivity contribution in [2.45, 2.75) is 18.9 Å². The molecule has 1 saturated carbocycles. The number of hydrogen-bond acceptors (Lipinski definition) is 5. The molecule has 1 aromatic carbocycles. The van der Waals surface area contributed by atoms with Crippen molar-refractivity contribution >= 4 is 22.7 Å². The van der Waals surface area contributed by atoms with Crippen LogP contribution < -0.4 is 10.6 Å². The molecule has 1 fully saturated rings. The molecular formula is C14H18N4O. The molecule has 0 bridgehead atoms. The fourth-order valence-electron chi connectivity index (χ4n) is 2.17. The van der Waals surface area contributed by atoms with Gasteiger partial charge in [-0.3, -0.25) is 0 Å². The second-order valence-corrected chi connectivity index (χ2v) is 4.95. The zero-order chi connectivity index (χ0) is 13.2. The highest BCUT2D eigenvalue weighted by molar-refractivity contribution is 5.89. The third kappa shape index (κ3) is 2.61. The maximum atomic E-state index is 9.93. The Hall–Kier alpha value is -1.88. The van der Waals surface area contributed by atoms with Crippen LogP contribution in [0.4, 0.5) is 11.8 Å². The minimum atomic E-state index is -0.285. The van der Waals surface area contributed by atoms with E-state index in [1.165, 1.54) is 0 Å². The molecule has 1 unspecified atom stereocenters. The first-order chi connectivity index (χ1) is 9.28. The molecule has 0 saturated heterocycles. The van der Waals surface area contributed by atoms with Gasteiger partial charge in [-0.2, -0.15) is 4.98 Å². The van der Waals surface area contributed by atoms with Crippen molar-refractivity contribution in [2.75, 3.05) is 24.2 Å². The van der Waals surface area contributed by atoms with Crippen LogP contribution in [-0.4, -0.2) is 34.8 Å². The van der Waals surface area contributed by atoms with Crippen LogP contribution in [0.1, 0.15) is 12.8 Å². The summed E-state index contributed by atoms with van der Waals surface area (Å²) in [5.41, 5.74) is 0.894. The standard InChI is InChI=1S/C14H18N4O/c1-15-14-17-11-5-3-2-4-10(11)13(18-14)16-8-12(19)9-6-7-9/h2-5,9,12,19H,6-8H2,1H3,(H2,15,16,17,18). The van der Waals surface area contributed by atoms with E-state index in [1.54, 1.807) is 7.05 Å². The first-order valence-corrected chi connectivity index (χ1v) is 6.64. The van der Waals surface area contributed by atoms with Gasteiger partial charge in [-0.25, -0.2) is 4.98 Å². The fourth-order valence-corrected chi connectivity index (χ4v) is 2.17. The number of hydrogen-bond donors (Lipinski definition) is 3. The number of para-hydroxylation sites is 1. The molecule has 3 rings (SSSR count). The maximum Gasteiger partial charge on any atom is 0.224 e. The summed E-state index contributed by atoms with van der Waals surface area (Å²) in [7, 11) is 1.80. The molecule has 5 nitrogen and oxygen atoms in total. The molecule has 0 aliphatic heterocycles. The van der Waals surface area contributed by atoms with E-state index in [-0.39, 0.29) is 6.10 Å². The summed E-state index contributed by atoms with van der Waals surface area (Å²) >= 11 is 0. The van der Waals surface area contributed by atoms with Crippen molar-refractivity contribution in [2.24, 2.45) is 5.92 Å². The number of nitrogens with one attached hydrogen (secondary N) is 2. The van der Waals surface area contributed by atoms with Gasteiger partial charge in [0.05, 0.1) is 11.6 Å². The van der Waals surface area contributed by atoms with Crippen molar-refractivity contribution < 1.29 is 5.11 Å². The van der Waals surface area contributed by atoms with E-state index in [1.807, 2.05) is 24.3 Å². The van der Waals surface area contributed by atoms with Gasteiger partial charge in [0, 0.05) is 19.0 Å². The van der Waals surface area contributed by atoms with Gasteiger partial charge < -0.3 is 15.7 Å². The molecule has 1 atom stereocenters. The minimum Gasteiger partial charge on any atom is -0.391 e. The lowest BCUT2D eigenvalue weighted by Crippen LogP contribution is -2.22. The van der Waals surface area contributed by atoms with Gasteiger partial charge in [-0.1, -0.05) is 12.1 Å². The van der Waals surface area contributed by atoms with Crippen LogP contribution in [0.25, 0.3) is 10.9 Å². The first kappa shape index (κ1) is 12.2. The van der Waals surface area contributed by atoms with Crippen molar-refractivity contribution in [3.05, 3.63) is 24.3 Å². The molecule has 0 radical (unpaired) electrons. The predicted molar refractivity (Wildman–Crippen MR) is 76.3 cm³/mol. The topological polar surface area (TPSA) is 70.1 Å². The Bertz CT molecular complexity index is 583. The highest BCUT2D eigenvalue weighted by atomic mass is 16.3. The predicted octanol–water partition coefficient (Wildman–Crippen LogP) is 1.85. The normalized spacial score (nSPS) is 16.3. The van der Waals surface area contributed by atoms with Crippen molar-refractivity contribution in [3.8, 4) is 0 Å². The number of aromatic nitrogens is 2. The quantitative estimate of drug-likeness (QED) is 0.763. The summed E-state index contributed by atoms with van der Waals surface area (Å²) < 4.78 is 0. The van der Waals surface area contributed by atoms with Gasteiger partial charge in [-0.15, -0.1) is 0 Å². The summed E-state index contributed by atoms with van der Waals surface area (Å²) in [6.07, 6.45) is 1.98. The third-order valence-corrected chi connectivity index (χ3v) is 3.47. The van der Waals surface area contributed by atoms with Gasteiger partial charge in [0.25, 0.3) is 0 Å². The minimum absolute atomic E-state index is 0.285. The van der Waals surface area contributed by atoms with Crippen molar-refractivity contribution in [1.29, 1.82) is 0 Å². The molecule has 5 heteroatoms. The number of nitrogens with zero attached hydrogens (tertiary/aromatic N) is 2. The molecule has 0 amide bonds. The molecule has 1 aliphatic rings. The van der Waals surface area contributed by atoms with Crippen LogP contribution in [0, 0.1) is 5.92 Å². The summed E-state index contributed by atoms with van der Waals surface area (Å²) in [5.74, 6) is 1.82. The van der Waals surface area contributed by atoms with Crippen LogP contribution in [0.3, 0.4) is 0 Å². The Balaban J connectivity index is 1.87. The number of aliphatic hydroxyl groups is 1. The monoisotopic (exact) mass is 258 g/mol. The summed E-state index contributed by atoms with van der Waals surface area (Å²) in [6.45, 7) is 0.537. The summed E-state index contributed by atoms with van der Waals surface area (Å²) in [6, 6.07) is 7.87. The van der Waals surface area contributed by atoms with E-state index in [0.29, 0.717) is 18.4 Å². The van der Waals surface area contributed by atoms with Gasteiger partial charge >= 0.3 is 0 Å². The molecule has 0 spiro atoms. The fraction of sp³-hybridized carbons (Fsp3) is 0.429. The van der Waals surface area contributed by atoms with E-state index in [9.17, 15) is 5.11 Å². The Kier molecular flexibility index (Phi) is 3.21. The molecule has 1 aromatic heterocycles. The van der Waals surface area contributed by atoms with E-state index >= 15 is 0 Å². The van der Waals surface area contributed by atoms with Crippen LogP contribution in [0.5, 0.6) is 0 Å². The van der Waals surface area contributed by atoms with Gasteiger partial charge in [-0.05, 0) is 30.9 Å². The number of anilines is 2. The van der Waals surface area contributed by atoms with Gasteiger partial charge in [0.15, 0.2) is 0 Å². The number of benzene rings is 1. The lowest BCUT2D eigenvalue weighted by Gasteiger charge is -2.13. The molecule has 3 N–H and O–H groups in total. The molecule has 1 aliphatic carbocycles. The largest absolute Gasteiger partial charge is 0.391 e. The molecule has 1 heterocycles. The van der Waals surface area contributed by atoms with E-state index in [0.717, 1.165) is 29.6 Å². The molecule has 2 aromatic rings. The second-order valence-electron chi connectivity index (χ2n) is 4.95. The zero-order valence-corrected chi connectivity index (χ0v) is 10.9. The van der Waals surface area contributed by atoms with Gasteiger partial charge in [0.1, 0.15) is 5.82 Å². The number of fused-ring (bicyclic) bond motifs is 1. The van der Waals surface area contributed by atoms with E-state index in [2.05, 4.69) is 20.6 Å². The van der Waals surface area contributed by atoms with Crippen LogP contribution in [0.2, 0.25) is 0 Å². The highest BCUT2D eigenvalue weighted by Gasteiger charge is 2.29. The Labute approximate surface area is 112 Å². The lowest BCUT2D eigenvalue weighted by atomic mass is 10.2. The van der Waals surface area contributed by atoms with Crippen LogP contribution >= 0.6 is 0 Å². The molecular weight excluding hydrogens is 240 g/mol. The first-order valence-electron chi connectivity index (χ1n) is 6.64. The smallest absolute Gasteiger partial charge is 0.224 e. The Morgan fingerprint density at radius 2 is 2.11 bits per heavy atom. The zero-order valence-electron chi connectivity index (χ0n) is 10.9. The Morgan fingerprint density at radius 1 is 1.32 bits per heavy atom. The van der Waals surface area contributed by atoms with Crippen molar-refractivity contribution in [3.63, 3.8) is 0 Å². The van der Waals surface area contributed by atoms with E-state index < -0.39 is 0 Å². The number of rotatable bonds is 5. The van der Waals surface area contributed by atoms with E-state index in [4.69, 9.17) is 0 Å². The van der Waals surface area contributed by atoms with Crippen molar-refractivity contribution in [1.82, 2.24) is 9.97 Å². The molecule has 100 valence electrons. The Morgan fingerprint density at radius 3 is 2.84 bits per heavy atom. The van der Waals surface area contributed by atoms with Gasteiger partial charge in [0.2, 0.25) is 5.95 Å². The lowest BCUT2D eigenvalue weighted by molar-refractivity contribution is 0.164. The maximum absolute atomic E-state index is 9.93. The summed E-state index contributed by atoms with van der Waals surface area (Å²) in [5, 5.41) is 17.1. The second kappa shape index (κ2) is 5.01. The summed E-state index contributed by atoms with van der Waals surface area (Å²) in [4.78, 5) is 8.83. The third-order valence-electron chi connectivity index (χ3n) is 3.47. The average Bonchev–Trinajstić information content (AvgIpc) is 3.28. The highest BCUT2D eigenvalue weighted by Crippen LogP contribution is 2.32.